The van der Waals surface area contributed by atoms with Gasteiger partial charge in [-0.05, 0) is 51.1 Å². The molecule has 1 amide bonds. The zero-order chi connectivity index (χ0) is 21.9. The van der Waals surface area contributed by atoms with Crippen molar-refractivity contribution in [3.8, 4) is 0 Å². The number of benzene rings is 1. The Balaban J connectivity index is 2.47. The van der Waals surface area contributed by atoms with E-state index in [1.54, 1.807) is 25.1 Å². The molecule has 0 aliphatic rings. The van der Waals surface area contributed by atoms with Crippen molar-refractivity contribution in [1.82, 2.24) is 20.4 Å². The van der Waals surface area contributed by atoms with Crippen LogP contribution in [0.5, 0.6) is 0 Å². The first-order valence-corrected chi connectivity index (χ1v) is 9.70. The Morgan fingerprint density at radius 1 is 1.17 bits per heavy atom. The molecule has 9 heteroatoms. The molecule has 2 N–H and O–H groups in total. The molecule has 1 rings (SSSR count). The zero-order valence-electron chi connectivity index (χ0n) is 17.6. The number of guanidine groups is 1. The summed E-state index contributed by atoms with van der Waals surface area (Å²) in [5.74, 6) is 0.594. The van der Waals surface area contributed by atoms with Crippen molar-refractivity contribution < 1.29 is 18.0 Å². The third-order valence-corrected chi connectivity index (χ3v) is 4.05. The van der Waals surface area contributed by atoms with Gasteiger partial charge in [-0.15, -0.1) is 0 Å². The molecule has 0 aromatic heterocycles. The average molecular weight is 416 g/mol. The maximum absolute atomic E-state index is 12.3. The molecule has 0 heterocycles. The van der Waals surface area contributed by atoms with Gasteiger partial charge in [0.1, 0.15) is 0 Å². The molecule has 1 aromatic rings. The zero-order valence-corrected chi connectivity index (χ0v) is 17.6. The molecule has 0 saturated heterocycles. The van der Waals surface area contributed by atoms with Gasteiger partial charge in [-0.1, -0.05) is 12.1 Å². The normalized spacial score (nSPS) is 12.2. The highest BCUT2D eigenvalue weighted by Crippen LogP contribution is 2.15. The van der Waals surface area contributed by atoms with Crippen LogP contribution in [0.2, 0.25) is 0 Å². The minimum Gasteiger partial charge on any atom is -0.357 e. The molecule has 0 radical (unpaired) electrons. The molecular weight excluding hydrogens is 383 g/mol. The number of nitrogens with zero attached hydrogens (tertiary/aromatic N) is 3. The van der Waals surface area contributed by atoms with Crippen LogP contribution in [-0.2, 0) is 6.42 Å². The van der Waals surface area contributed by atoms with Crippen LogP contribution in [0, 0.1) is 0 Å². The van der Waals surface area contributed by atoms with Gasteiger partial charge in [0.25, 0.3) is 5.91 Å². The first-order valence-electron chi connectivity index (χ1n) is 9.70. The molecule has 0 atom stereocenters. The fourth-order valence-electron chi connectivity index (χ4n) is 2.70. The maximum Gasteiger partial charge on any atom is 0.401 e. The van der Waals surface area contributed by atoms with E-state index in [2.05, 4.69) is 15.6 Å². The second kappa shape index (κ2) is 12.3. The van der Waals surface area contributed by atoms with Gasteiger partial charge in [0.15, 0.2) is 5.96 Å². The SMILES string of the molecule is CCNC(=NCCCN(C)CC(F)(F)F)NCCc1cccc(C(=O)N(C)C)c1. The number of halogens is 3. The van der Waals surface area contributed by atoms with Gasteiger partial charge in [0.05, 0.1) is 6.54 Å². The van der Waals surface area contributed by atoms with Crippen LogP contribution in [0.25, 0.3) is 0 Å². The summed E-state index contributed by atoms with van der Waals surface area (Å²) in [4.78, 5) is 19.2. The lowest BCUT2D eigenvalue weighted by atomic mass is 10.1. The summed E-state index contributed by atoms with van der Waals surface area (Å²) in [6.07, 6.45) is -2.92. The third-order valence-electron chi connectivity index (χ3n) is 4.05. The Morgan fingerprint density at radius 3 is 2.52 bits per heavy atom. The fourth-order valence-corrected chi connectivity index (χ4v) is 2.70. The quantitative estimate of drug-likeness (QED) is 0.350. The number of amides is 1. The van der Waals surface area contributed by atoms with E-state index in [0.29, 0.717) is 50.5 Å². The summed E-state index contributed by atoms with van der Waals surface area (Å²) in [7, 11) is 4.89. The minimum absolute atomic E-state index is 0.0369. The van der Waals surface area contributed by atoms with E-state index >= 15 is 0 Å². The van der Waals surface area contributed by atoms with E-state index in [0.717, 1.165) is 5.56 Å². The molecule has 0 saturated carbocycles. The van der Waals surface area contributed by atoms with Gasteiger partial charge in [-0.25, -0.2) is 0 Å². The van der Waals surface area contributed by atoms with Crippen molar-refractivity contribution in [3.63, 3.8) is 0 Å². The lowest BCUT2D eigenvalue weighted by molar-refractivity contribution is -0.143. The number of hydrogen-bond donors (Lipinski definition) is 2. The Morgan fingerprint density at radius 2 is 1.90 bits per heavy atom. The first-order chi connectivity index (χ1) is 13.6. The highest BCUT2D eigenvalue weighted by Gasteiger charge is 2.28. The molecule has 29 heavy (non-hydrogen) atoms. The van der Waals surface area contributed by atoms with Crippen LogP contribution in [0.3, 0.4) is 0 Å². The molecule has 0 unspecified atom stereocenters. The monoisotopic (exact) mass is 415 g/mol. The number of rotatable bonds is 10. The molecule has 6 nitrogen and oxygen atoms in total. The van der Waals surface area contributed by atoms with Crippen molar-refractivity contribution in [2.75, 3.05) is 53.9 Å². The first kappa shape index (κ1) is 24.7. The Kier molecular flexibility index (Phi) is 10.5. The van der Waals surface area contributed by atoms with Crippen molar-refractivity contribution >= 4 is 11.9 Å². The standard InChI is InChI=1S/C20H32F3N5O/c1-5-24-19(25-11-7-13-28(4)15-20(21,22)23)26-12-10-16-8-6-9-17(14-16)18(29)27(2)3/h6,8-9,14H,5,7,10-13,15H2,1-4H3,(H2,24,25,26). The van der Waals surface area contributed by atoms with Crippen LogP contribution < -0.4 is 10.6 Å². The molecule has 0 bridgehead atoms. The van der Waals surface area contributed by atoms with Crippen molar-refractivity contribution in [2.24, 2.45) is 4.99 Å². The largest absolute Gasteiger partial charge is 0.401 e. The topological polar surface area (TPSA) is 60.0 Å². The predicted octanol–water partition coefficient (Wildman–Crippen LogP) is 2.37. The van der Waals surface area contributed by atoms with E-state index in [1.165, 1.54) is 11.9 Å². The highest BCUT2D eigenvalue weighted by atomic mass is 19.4. The summed E-state index contributed by atoms with van der Waals surface area (Å²) < 4.78 is 37.0. The molecule has 0 fully saturated rings. The van der Waals surface area contributed by atoms with E-state index in [-0.39, 0.29) is 5.91 Å². The van der Waals surface area contributed by atoms with Gasteiger partial charge in [-0.2, -0.15) is 13.2 Å². The second-order valence-corrected chi connectivity index (χ2v) is 7.04. The van der Waals surface area contributed by atoms with E-state index < -0.39 is 12.7 Å². The third kappa shape index (κ3) is 10.7. The molecule has 0 aliphatic carbocycles. The Bertz CT molecular complexity index is 662. The summed E-state index contributed by atoms with van der Waals surface area (Å²) in [5.41, 5.74) is 1.69. The Labute approximate surface area is 171 Å². The number of hydrogen-bond acceptors (Lipinski definition) is 3. The van der Waals surface area contributed by atoms with Crippen LogP contribution in [0.4, 0.5) is 13.2 Å². The van der Waals surface area contributed by atoms with Gasteiger partial charge >= 0.3 is 6.18 Å². The number of carbonyl (C=O) groups excluding carboxylic acids is 1. The van der Waals surface area contributed by atoms with Crippen LogP contribution >= 0.6 is 0 Å². The van der Waals surface area contributed by atoms with Crippen LogP contribution in [-0.4, -0.2) is 81.7 Å². The summed E-state index contributed by atoms with van der Waals surface area (Å²) >= 11 is 0. The van der Waals surface area contributed by atoms with Gasteiger partial charge < -0.3 is 15.5 Å². The number of aliphatic imine (C=N–C) groups is 1. The minimum atomic E-state index is -4.18. The second-order valence-electron chi connectivity index (χ2n) is 7.04. The smallest absolute Gasteiger partial charge is 0.357 e. The van der Waals surface area contributed by atoms with E-state index in [4.69, 9.17) is 0 Å². The molecular formula is C20H32F3N5O. The van der Waals surface area contributed by atoms with Crippen LogP contribution in [0.1, 0.15) is 29.3 Å². The van der Waals surface area contributed by atoms with Gasteiger partial charge in [0.2, 0.25) is 0 Å². The average Bonchev–Trinajstić information content (AvgIpc) is 2.63. The van der Waals surface area contributed by atoms with Crippen molar-refractivity contribution in [1.29, 1.82) is 0 Å². The Hall–Kier alpha value is -2.29. The summed E-state index contributed by atoms with van der Waals surface area (Å²) in [6.45, 7) is 3.11. The van der Waals surface area contributed by atoms with E-state index in [1.807, 2.05) is 25.1 Å². The summed E-state index contributed by atoms with van der Waals surface area (Å²) in [6, 6.07) is 7.50. The predicted molar refractivity (Wildman–Crippen MR) is 110 cm³/mol. The highest BCUT2D eigenvalue weighted by molar-refractivity contribution is 5.94. The van der Waals surface area contributed by atoms with Gasteiger partial charge in [-0.3, -0.25) is 14.7 Å². The lowest BCUT2D eigenvalue weighted by Crippen LogP contribution is -2.38. The van der Waals surface area contributed by atoms with Crippen molar-refractivity contribution in [3.05, 3.63) is 35.4 Å². The lowest BCUT2D eigenvalue weighted by Gasteiger charge is -2.18. The fraction of sp³-hybridized carbons (Fsp3) is 0.600. The number of nitrogens with one attached hydrogen (secondary N) is 2. The number of carbonyl (C=O) groups is 1. The van der Waals surface area contributed by atoms with E-state index in [9.17, 15) is 18.0 Å². The maximum atomic E-state index is 12.3. The van der Waals surface area contributed by atoms with Crippen molar-refractivity contribution in [2.45, 2.75) is 25.9 Å². The summed E-state index contributed by atoms with van der Waals surface area (Å²) in [5, 5.41) is 6.34. The number of alkyl halides is 3. The molecule has 0 spiro atoms. The molecule has 1 aromatic carbocycles. The van der Waals surface area contributed by atoms with Gasteiger partial charge in [0, 0.05) is 39.3 Å². The van der Waals surface area contributed by atoms with Crippen LogP contribution in [0.15, 0.2) is 29.3 Å². The molecule has 164 valence electrons. The molecule has 0 aliphatic heterocycles.